The fourth-order valence-corrected chi connectivity index (χ4v) is 2.43. The van der Waals surface area contributed by atoms with Gasteiger partial charge in [-0.2, -0.15) is 0 Å². The van der Waals surface area contributed by atoms with E-state index in [0.29, 0.717) is 10.6 Å². The second-order valence-corrected chi connectivity index (χ2v) is 5.84. The van der Waals surface area contributed by atoms with Crippen molar-refractivity contribution in [2.75, 3.05) is 0 Å². The summed E-state index contributed by atoms with van der Waals surface area (Å²) in [6, 6.07) is 6.55. The van der Waals surface area contributed by atoms with E-state index in [1.54, 1.807) is 0 Å². The van der Waals surface area contributed by atoms with Crippen LogP contribution in [0.3, 0.4) is 0 Å². The maximum atomic E-state index is 5.38. The minimum atomic E-state index is 0.340. The third kappa shape index (κ3) is 2.92. The Bertz CT molecular complexity index is 649. The van der Waals surface area contributed by atoms with Gasteiger partial charge in [0.15, 0.2) is 0 Å². The van der Waals surface area contributed by atoms with Crippen LogP contribution in [0.5, 0.6) is 0 Å². The van der Waals surface area contributed by atoms with E-state index >= 15 is 0 Å². The van der Waals surface area contributed by atoms with Gasteiger partial charge in [-0.25, -0.2) is 4.98 Å². The number of nitrogens with zero attached hydrogens (tertiary/aromatic N) is 1. The molecule has 0 atom stereocenters. The van der Waals surface area contributed by atoms with Crippen LogP contribution in [0.4, 0.5) is 0 Å². The molecule has 19 heavy (non-hydrogen) atoms. The van der Waals surface area contributed by atoms with E-state index in [1.807, 2.05) is 6.92 Å². The van der Waals surface area contributed by atoms with Gasteiger partial charge < -0.3 is 4.98 Å². The number of benzene rings is 1. The Morgan fingerprint density at radius 3 is 2.16 bits per heavy atom. The van der Waals surface area contributed by atoms with Gasteiger partial charge in [-0.1, -0.05) is 43.3 Å². The van der Waals surface area contributed by atoms with Crippen molar-refractivity contribution in [1.82, 2.24) is 9.97 Å². The lowest BCUT2D eigenvalue weighted by Crippen LogP contribution is -2.02. The van der Waals surface area contributed by atoms with Crippen molar-refractivity contribution in [3.8, 4) is 11.3 Å². The summed E-state index contributed by atoms with van der Waals surface area (Å²) in [6.45, 7) is 10.5. The topological polar surface area (TPSA) is 28.7 Å². The van der Waals surface area contributed by atoms with Gasteiger partial charge in [0.2, 0.25) is 0 Å². The summed E-state index contributed by atoms with van der Waals surface area (Å²) in [5.41, 5.74) is 5.85. The highest BCUT2D eigenvalue weighted by Gasteiger charge is 2.10. The first-order valence-corrected chi connectivity index (χ1v) is 6.99. The normalized spacial score (nSPS) is 11.1. The van der Waals surface area contributed by atoms with E-state index in [-0.39, 0.29) is 0 Å². The molecule has 0 bridgehead atoms. The van der Waals surface area contributed by atoms with Crippen molar-refractivity contribution < 1.29 is 0 Å². The maximum Gasteiger partial charge on any atom is 0.133 e. The highest BCUT2D eigenvalue weighted by atomic mass is 32.1. The fourth-order valence-electron chi connectivity index (χ4n) is 2.23. The summed E-state index contributed by atoms with van der Waals surface area (Å²) in [7, 11) is 0. The molecule has 3 heteroatoms. The Morgan fingerprint density at radius 1 is 1.05 bits per heavy atom. The van der Waals surface area contributed by atoms with Gasteiger partial charge in [-0.05, 0) is 38.5 Å². The van der Waals surface area contributed by atoms with Crippen LogP contribution < -0.4 is 0 Å². The first-order valence-electron chi connectivity index (χ1n) is 6.58. The van der Waals surface area contributed by atoms with Gasteiger partial charge in [-0.15, -0.1) is 0 Å². The molecule has 2 rings (SSSR count). The van der Waals surface area contributed by atoms with E-state index < -0.39 is 0 Å². The zero-order valence-corrected chi connectivity index (χ0v) is 13.0. The molecule has 2 aromatic rings. The van der Waals surface area contributed by atoms with Crippen LogP contribution in [0, 0.1) is 25.4 Å². The molecule has 1 heterocycles. The Labute approximate surface area is 119 Å². The van der Waals surface area contributed by atoms with Crippen molar-refractivity contribution in [3.63, 3.8) is 0 Å². The van der Waals surface area contributed by atoms with Crippen molar-refractivity contribution >= 4 is 12.2 Å². The molecule has 100 valence electrons. The molecule has 0 unspecified atom stereocenters. The van der Waals surface area contributed by atoms with Crippen molar-refractivity contribution in [2.24, 2.45) is 0 Å². The highest BCUT2D eigenvalue weighted by molar-refractivity contribution is 7.71. The van der Waals surface area contributed by atoms with Gasteiger partial charge in [0.1, 0.15) is 10.5 Å². The number of H-pyrrole nitrogens is 1. The Kier molecular flexibility index (Phi) is 3.85. The first-order chi connectivity index (χ1) is 8.88. The standard InChI is InChI=1S/C16H20N2S/c1-9(2)15-17-14(12(5)16(19)18-15)13-7-10(3)6-11(4)8-13/h6-9H,1-5H3,(H,17,18,19). The molecule has 0 radical (unpaired) electrons. The lowest BCUT2D eigenvalue weighted by Gasteiger charge is -2.13. The summed E-state index contributed by atoms with van der Waals surface area (Å²) >= 11 is 5.38. The minimum Gasteiger partial charge on any atom is -0.343 e. The van der Waals surface area contributed by atoms with Gasteiger partial charge in [0.05, 0.1) is 5.69 Å². The molecular weight excluding hydrogens is 252 g/mol. The first kappa shape index (κ1) is 13.9. The number of hydrogen-bond acceptors (Lipinski definition) is 2. The summed E-state index contributed by atoms with van der Waals surface area (Å²) in [6.07, 6.45) is 0. The van der Waals surface area contributed by atoms with Crippen LogP contribution in [0.15, 0.2) is 18.2 Å². The molecule has 0 fully saturated rings. The predicted octanol–water partition coefficient (Wildman–Crippen LogP) is 4.85. The largest absolute Gasteiger partial charge is 0.343 e. The van der Waals surface area contributed by atoms with Gasteiger partial charge >= 0.3 is 0 Å². The molecule has 0 spiro atoms. The zero-order valence-electron chi connectivity index (χ0n) is 12.2. The third-order valence-electron chi connectivity index (χ3n) is 3.23. The summed E-state index contributed by atoms with van der Waals surface area (Å²) < 4.78 is 0.691. The number of nitrogens with one attached hydrogen (secondary N) is 1. The Balaban J connectivity index is 2.70. The number of aromatic amines is 1. The van der Waals surface area contributed by atoms with Crippen LogP contribution in [-0.2, 0) is 0 Å². The van der Waals surface area contributed by atoms with E-state index in [4.69, 9.17) is 12.2 Å². The predicted molar refractivity (Wildman–Crippen MR) is 83.2 cm³/mol. The molecule has 0 saturated carbocycles. The molecule has 0 amide bonds. The maximum absolute atomic E-state index is 5.38. The SMILES string of the molecule is Cc1cc(C)cc(-c2[nH]c(C(C)C)nc(=S)c2C)c1. The van der Waals surface area contributed by atoms with Crippen LogP contribution in [0.1, 0.15) is 42.3 Å². The molecule has 0 saturated heterocycles. The molecule has 1 aromatic carbocycles. The molecule has 1 aromatic heterocycles. The summed E-state index contributed by atoms with van der Waals surface area (Å²) in [4.78, 5) is 7.91. The number of aryl methyl sites for hydroxylation is 2. The van der Waals surface area contributed by atoms with E-state index in [9.17, 15) is 0 Å². The van der Waals surface area contributed by atoms with E-state index in [2.05, 4.69) is 55.9 Å². The third-order valence-corrected chi connectivity index (χ3v) is 3.63. The Morgan fingerprint density at radius 2 is 1.63 bits per heavy atom. The lowest BCUT2D eigenvalue weighted by atomic mass is 10.0. The van der Waals surface area contributed by atoms with Crippen LogP contribution in [0.25, 0.3) is 11.3 Å². The van der Waals surface area contributed by atoms with Crippen LogP contribution in [-0.4, -0.2) is 9.97 Å². The van der Waals surface area contributed by atoms with Gasteiger partial charge in [0, 0.05) is 11.5 Å². The summed E-state index contributed by atoms with van der Waals surface area (Å²) in [5.74, 6) is 1.29. The molecular formula is C16H20N2S. The zero-order chi connectivity index (χ0) is 14.2. The molecule has 0 aliphatic carbocycles. The van der Waals surface area contributed by atoms with Gasteiger partial charge in [0.25, 0.3) is 0 Å². The molecule has 0 aliphatic rings. The van der Waals surface area contributed by atoms with E-state index in [1.165, 1.54) is 16.7 Å². The Hall–Kier alpha value is -1.48. The quantitative estimate of drug-likeness (QED) is 0.791. The van der Waals surface area contributed by atoms with E-state index in [0.717, 1.165) is 17.1 Å². The number of hydrogen-bond donors (Lipinski definition) is 1. The lowest BCUT2D eigenvalue weighted by molar-refractivity contribution is 0.770. The molecule has 2 nitrogen and oxygen atoms in total. The highest BCUT2D eigenvalue weighted by Crippen LogP contribution is 2.25. The molecule has 1 N–H and O–H groups in total. The number of aromatic nitrogens is 2. The van der Waals surface area contributed by atoms with Crippen molar-refractivity contribution in [2.45, 2.75) is 40.5 Å². The van der Waals surface area contributed by atoms with Crippen LogP contribution in [0.2, 0.25) is 0 Å². The minimum absolute atomic E-state index is 0.340. The smallest absolute Gasteiger partial charge is 0.133 e. The van der Waals surface area contributed by atoms with Crippen molar-refractivity contribution in [3.05, 3.63) is 45.4 Å². The monoisotopic (exact) mass is 272 g/mol. The second-order valence-electron chi connectivity index (χ2n) is 5.46. The number of rotatable bonds is 2. The summed E-state index contributed by atoms with van der Waals surface area (Å²) in [5, 5.41) is 0. The van der Waals surface area contributed by atoms with Crippen LogP contribution >= 0.6 is 12.2 Å². The van der Waals surface area contributed by atoms with Crippen molar-refractivity contribution in [1.29, 1.82) is 0 Å². The van der Waals surface area contributed by atoms with Gasteiger partial charge in [-0.3, -0.25) is 0 Å². The average Bonchev–Trinajstić information content (AvgIpc) is 2.30. The molecule has 0 aliphatic heterocycles. The average molecular weight is 272 g/mol. The second kappa shape index (κ2) is 5.25. The fraction of sp³-hybridized carbons (Fsp3) is 0.375.